The SMILES string of the molecule is CCNC(=NCCCCOCCOC)N1CC(C)(C)C1(C)C.I. The van der Waals surface area contributed by atoms with Gasteiger partial charge >= 0.3 is 0 Å². The minimum Gasteiger partial charge on any atom is -0.382 e. The van der Waals surface area contributed by atoms with Crippen molar-refractivity contribution in [3.63, 3.8) is 0 Å². The third-order valence-corrected chi connectivity index (χ3v) is 4.87. The number of guanidine groups is 1. The highest BCUT2D eigenvalue weighted by molar-refractivity contribution is 14.0. The van der Waals surface area contributed by atoms with E-state index in [0.29, 0.717) is 18.6 Å². The Morgan fingerprint density at radius 3 is 2.35 bits per heavy atom. The van der Waals surface area contributed by atoms with Gasteiger partial charge in [0.25, 0.3) is 0 Å². The van der Waals surface area contributed by atoms with Gasteiger partial charge in [-0.2, -0.15) is 0 Å². The normalized spacial score (nSPS) is 19.0. The summed E-state index contributed by atoms with van der Waals surface area (Å²) in [6.07, 6.45) is 2.10. The number of rotatable bonds is 9. The summed E-state index contributed by atoms with van der Waals surface area (Å²) in [6.45, 7) is 16.3. The van der Waals surface area contributed by atoms with Crippen LogP contribution in [0.4, 0.5) is 0 Å². The topological polar surface area (TPSA) is 46.1 Å². The Morgan fingerprint density at radius 2 is 1.83 bits per heavy atom. The molecule has 1 saturated heterocycles. The molecule has 1 rings (SSSR count). The molecule has 0 unspecified atom stereocenters. The lowest BCUT2D eigenvalue weighted by Crippen LogP contribution is -2.72. The van der Waals surface area contributed by atoms with Crippen LogP contribution in [0.3, 0.4) is 0 Å². The minimum atomic E-state index is 0. The molecule has 1 aliphatic rings. The molecule has 1 fully saturated rings. The predicted octanol–water partition coefficient (Wildman–Crippen LogP) is 3.13. The standard InChI is InChI=1S/C17H35N3O2.HI/c1-7-18-15(20-14-16(2,3)17(20,4)5)19-10-8-9-11-22-13-12-21-6;/h7-14H2,1-6H3,(H,18,19);1H. The second kappa shape index (κ2) is 10.7. The Bertz CT molecular complexity index is 360. The molecule has 0 aromatic carbocycles. The smallest absolute Gasteiger partial charge is 0.194 e. The van der Waals surface area contributed by atoms with E-state index in [4.69, 9.17) is 14.5 Å². The number of ether oxygens (including phenoxy) is 2. The zero-order chi connectivity index (χ0) is 16.6. The van der Waals surface area contributed by atoms with Gasteiger partial charge in [-0.25, -0.2) is 0 Å². The zero-order valence-corrected chi connectivity index (χ0v) is 18.1. The molecule has 1 N–H and O–H groups in total. The summed E-state index contributed by atoms with van der Waals surface area (Å²) in [4.78, 5) is 7.18. The number of nitrogens with one attached hydrogen (secondary N) is 1. The van der Waals surface area contributed by atoms with Crippen LogP contribution in [0, 0.1) is 5.41 Å². The van der Waals surface area contributed by atoms with E-state index in [0.717, 1.165) is 45.0 Å². The van der Waals surface area contributed by atoms with E-state index < -0.39 is 0 Å². The maximum atomic E-state index is 5.47. The van der Waals surface area contributed by atoms with Crippen LogP contribution in [0.1, 0.15) is 47.5 Å². The van der Waals surface area contributed by atoms with Crippen LogP contribution in [0.5, 0.6) is 0 Å². The van der Waals surface area contributed by atoms with Crippen molar-refractivity contribution in [3.05, 3.63) is 0 Å². The number of aliphatic imine (C=N–C) groups is 1. The van der Waals surface area contributed by atoms with Gasteiger partial charge < -0.3 is 19.7 Å². The van der Waals surface area contributed by atoms with E-state index in [9.17, 15) is 0 Å². The summed E-state index contributed by atoms with van der Waals surface area (Å²) in [7, 11) is 1.69. The Balaban J connectivity index is 0.00000484. The van der Waals surface area contributed by atoms with Gasteiger partial charge in [-0.1, -0.05) is 13.8 Å². The molecule has 0 bridgehead atoms. The summed E-state index contributed by atoms with van der Waals surface area (Å²) in [6, 6.07) is 0. The van der Waals surface area contributed by atoms with E-state index in [1.165, 1.54) is 0 Å². The molecule has 0 radical (unpaired) electrons. The molecule has 138 valence electrons. The molecule has 0 saturated carbocycles. The Morgan fingerprint density at radius 1 is 1.13 bits per heavy atom. The number of hydrogen-bond acceptors (Lipinski definition) is 3. The Labute approximate surface area is 159 Å². The van der Waals surface area contributed by atoms with Crippen LogP contribution in [0.2, 0.25) is 0 Å². The van der Waals surface area contributed by atoms with Gasteiger partial charge in [0.15, 0.2) is 5.96 Å². The van der Waals surface area contributed by atoms with Gasteiger partial charge in [-0.05, 0) is 33.6 Å². The molecule has 0 aliphatic carbocycles. The fraction of sp³-hybridized carbons (Fsp3) is 0.941. The van der Waals surface area contributed by atoms with Crippen molar-refractivity contribution in [2.75, 3.05) is 46.6 Å². The van der Waals surface area contributed by atoms with E-state index in [1.54, 1.807) is 7.11 Å². The van der Waals surface area contributed by atoms with Gasteiger partial charge in [0.05, 0.1) is 13.2 Å². The van der Waals surface area contributed by atoms with E-state index >= 15 is 0 Å². The van der Waals surface area contributed by atoms with Gasteiger partial charge in [0, 0.05) is 44.3 Å². The van der Waals surface area contributed by atoms with Gasteiger partial charge in [-0.15, -0.1) is 24.0 Å². The Hall–Kier alpha value is -0.0800. The lowest BCUT2D eigenvalue weighted by atomic mass is 9.65. The highest BCUT2D eigenvalue weighted by Crippen LogP contribution is 2.46. The van der Waals surface area contributed by atoms with Crippen molar-refractivity contribution in [1.29, 1.82) is 0 Å². The van der Waals surface area contributed by atoms with Gasteiger partial charge in [0.2, 0.25) is 0 Å². The highest BCUT2D eigenvalue weighted by Gasteiger charge is 2.53. The van der Waals surface area contributed by atoms with Crippen LogP contribution in [-0.4, -0.2) is 63.0 Å². The number of unbranched alkanes of at least 4 members (excludes halogenated alkanes) is 1. The number of nitrogens with zero attached hydrogens (tertiary/aromatic N) is 2. The summed E-state index contributed by atoms with van der Waals surface area (Å²) >= 11 is 0. The lowest BCUT2D eigenvalue weighted by Gasteiger charge is -2.62. The molecule has 6 heteroatoms. The molecular formula is C17H36IN3O2. The average Bonchev–Trinajstić information content (AvgIpc) is 2.46. The van der Waals surface area contributed by atoms with E-state index in [2.05, 4.69) is 44.8 Å². The van der Waals surface area contributed by atoms with Gasteiger partial charge in [-0.3, -0.25) is 4.99 Å². The van der Waals surface area contributed by atoms with Crippen molar-refractivity contribution >= 4 is 29.9 Å². The average molecular weight is 441 g/mol. The summed E-state index contributed by atoms with van der Waals surface area (Å²) in [5, 5.41) is 3.42. The first-order valence-corrected chi connectivity index (χ1v) is 8.49. The maximum absolute atomic E-state index is 5.47. The largest absolute Gasteiger partial charge is 0.382 e. The molecule has 0 amide bonds. The molecule has 0 aromatic heterocycles. The number of methoxy groups -OCH3 is 1. The highest BCUT2D eigenvalue weighted by atomic mass is 127. The summed E-state index contributed by atoms with van der Waals surface area (Å²) in [5.41, 5.74) is 0.482. The third-order valence-electron chi connectivity index (χ3n) is 4.87. The summed E-state index contributed by atoms with van der Waals surface area (Å²) < 4.78 is 10.4. The molecule has 5 nitrogen and oxygen atoms in total. The van der Waals surface area contributed by atoms with E-state index in [-0.39, 0.29) is 29.5 Å². The molecule has 1 heterocycles. The Kier molecular flexibility index (Phi) is 10.7. The van der Waals surface area contributed by atoms with Crippen LogP contribution >= 0.6 is 24.0 Å². The van der Waals surface area contributed by atoms with Crippen LogP contribution < -0.4 is 5.32 Å². The van der Waals surface area contributed by atoms with Crippen molar-refractivity contribution in [3.8, 4) is 0 Å². The fourth-order valence-corrected chi connectivity index (χ4v) is 2.54. The first-order chi connectivity index (χ1) is 10.4. The van der Waals surface area contributed by atoms with Crippen molar-refractivity contribution in [2.45, 2.75) is 53.0 Å². The van der Waals surface area contributed by atoms with Crippen molar-refractivity contribution in [1.82, 2.24) is 10.2 Å². The number of halogens is 1. The molecule has 0 spiro atoms. The second-order valence-electron chi connectivity index (χ2n) is 7.08. The summed E-state index contributed by atoms with van der Waals surface area (Å²) in [5.74, 6) is 1.05. The third kappa shape index (κ3) is 6.38. The fourth-order valence-electron chi connectivity index (χ4n) is 2.54. The zero-order valence-electron chi connectivity index (χ0n) is 15.8. The second-order valence-corrected chi connectivity index (χ2v) is 7.08. The van der Waals surface area contributed by atoms with E-state index in [1.807, 2.05) is 0 Å². The first kappa shape index (κ1) is 22.9. The van der Waals surface area contributed by atoms with Crippen LogP contribution in [0.25, 0.3) is 0 Å². The quantitative estimate of drug-likeness (QED) is 0.259. The van der Waals surface area contributed by atoms with Crippen LogP contribution in [0.15, 0.2) is 4.99 Å². The molecule has 0 atom stereocenters. The van der Waals surface area contributed by atoms with Gasteiger partial charge in [0.1, 0.15) is 0 Å². The molecular weight excluding hydrogens is 405 g/mol. The minimum absolute atomic E-state index is 0. The first-order valence-electron chi connectivity index (χ1n) is 8.49. The predicted molar refractivity (Wildman–Crippen MR) is 108 cm³/mol. The van der Waals surface area contributed by atoms with Crippen LogP contribution in [-0.2, 0) is 9.47 Å². The number of likely N-dealkylation sites (tertiary alicyclic amines) is 1. The maximum Gasteiger partial charge on any atom is 0.194 e. The molecule has 23 heavy (non-hydrogen) atoms. The number of hydrogen-bond donors (Lipinski definition) is 1. The monoisotopic (exact) mass is 441 g/mol. The van der Waals surface area contributed by atoms with Crippen molar-refractivity contribution in [2.24, 2.45) is 10.4 Å². The molecule has 0 aromatic rings. The lowest BCUT2D eigenvalue weighted by molar-refractivity contribution is -0.0667. The van der Waals surface area contributed by atoms with Crippen molar-refractivity contribution < 1.29 is 9.47 Å². The molecule has 1 aliphatic heterocycles.